The first kappa shape index (κ1) is 13.3. The van der Waals surface area contributed by atoms with Crippen LogP contribution in [0.3, 0.4) is 0 Å². The number of piperidine rings is 1. The third-order valence-corrected chi connectivity index (χ3v) is 3.93. The van der Waals surface area contributed by atoms with E-state index in [1.807, 2.05) is 0 Å². The Morgan fingerprint density at radius 3 is 3.11 bits per heavy atom. The number of β-amino-alcohol motifs (C(OH)–C–C–N with tert-alkyl or cyclic N) is 1. The van der Waals surface area contributed by atoms with E-state index in [4.69, 9.17) is 5.11 Å². The van der Waals surface area contributed by atoms with E-state index in [0.29, 0.717) is 30.2 Å². The first-order valence-electron chi connectivity index (χ1n) is 5.84. The van der Waals surface area contributed by atoms with Crippen molar-refractivity contribution in [1.82, 2.24) is 9.88 Å². The molecule has 0 aliphatic carbocycles. The van der Waals surface area contributed by atoms with Crippen molar-refractivity contribution in [2.75, 3.05) is 32.1 Å². The Balaban J connectivity index is 2.09. The summed E-state index contributed by atoms with van der Waals surface area (Å²) >= 11 is 1.37. The molecule has 0 radical (unpaired) electrons. The molecule has 18 heavy (non-hydrogen) atoms. The zero-order valence-electron chi connectivity index (χ0n) is 10.2. The van der Waals surface area contributed by atoms with Crippen molar-refractivity contribution >= 4 is 22.4 Å². The van der Waals surface area contributed by atoms with Crippen LogP contribution in [-0.2, 0) is 0 Å². The zero-order valence-corrected chi connectivity index (χ0v) is 11.0. The second kappa shape index (κ2) is 5.21. The molecule has 1 amide bonds. The van der Waals surface area contributed by atoms with Crippen molar-refractivity contribution < 1.29 is 15.0 Å². The summed E-state index contributed by atoms with van der Waals surface area (Å²) < 4.78 is 0. The number of likely N-dealkylation sites (tertiary alicyclic amines) is 1. The van der Waals surface area contributed by atoms with E-state index in [1.54, 1.807) is 17.3 Å². The summed E-state index contributed by atoms with van der Waals surface area (Å²) in [4.78, 5) is 17.9. The van der Waals surface area contributed by atoms with Crippen LogP contribution in [0.25, 0.3) is 0 Å². The van der Waals surface area contributed by atoms with Gasteiger partial charge in [-0.1, -0.05) is 0 Å². The Bertz CT molecular complexity index is 437. The van der Waals surface area contributed by atoms with E-state index in [0.717, 1.165) is 0 Å². The Morgan fingerprint density at radius 2 is 2.50 bits per heavy atom. The molecular weight excluding hydrogens is 254 g/mol. The number of rotatable bonds is 3. The largest absolute Gasteiger partial charge is 0.393 e. The van der Waals surface area contributed by atoms with Gasteiger partial charge in [-0.2, -0.15) is 0 Å². The van der Waals surface area contributed by atoms with Crippen LogP contribution in [0.15, 0.2) is 5.38 Å². The van der Waals surface area contributed by atoms with Crippen LogP contribution < -0.4 is 5.32 Å². The molecule has 6 nitrogen and oxygen atoms in total. The van der Waals surface area contributed by atoms with Gasteiger partial charge in [-0.25, -0.2) is 4.98 Å². The topological polar surface area (TPSA) is 85.7 Å². The minimum Gasteiger partial charge on any atom is -0.393 e. The SMILES string of the molecule is CNc1nc(C(=O)N2CCCC(O)(CO)C2)cs1. The second-order valence-corrected chi connectivity index (χ2v) is 5.36. The number of nitrogens with zero attached hydrogens (tertiary/aromatic N) is 2. The van der Waals surface area contributed by atoms with E-state index < -0.39 is 5.60 Å². The number of carbonyl (C=O) groups is 1. The Morgan fingerprint density at radius 1 is 1.72 bits per heavy atom. The molecule has 7 heteroatoms. The monoisotopic (exact) mass is 271 g/mol. The number of hydrogen-bond donors (Lipinski definition) is 3. The molecule has 1 unspecified atom stereocenters. The van der Waals surface area contributed by atoms with Crippen LogP contribution in [-0.4, -0.2) is 58.3 Å². The highest BCUT2D eigenvalue weighted by Crippen LogP contribution is 2.23. The summed E-state index contributed by atoms with van der Waals surface area (Å²) in [6.07, 6.45) is 1.21. The van der Waals surface area contributed by atoms with Gasteiger partial charge >= 0.3 is 0 Å². The summed E-state index contributed by atoms with van der Waals surface area (Å²) in [5.41, 5.74) is -0.790. The lowest BCUT2D eigenvalue weighted by Crippen LogP contribution is -2.52. The molecule has 2 rings (SSSR count). The zero-order chi connectivity index (χ0) is 13.2. The third-order valence-electron chi connectivity index (χ3n) is 3.07. The fourth-order valence-corrected chi connectivity index (χ4v) is 2.71. The molecule has 1 atom stereocenters. The summed E-state index contributed by atoms with van der Waals surface area (Å²) in [7, 11) is 1.75. The molecule has 2 heterocycles. The van der Waals surface area contributed by atoms with E-state index >= 15 is 0 Å². The third kappa shape index (κ3) is 2.63. The van der Waals surface area contributed by atoms with Crippen molar-refractivity contribution in [1.29, 1.82) is 0 Å². The molecule has 0 bridgehead atoms. The second-order valence-electron chi connectivity index (χ2n) is 4.50. The lowest BCUT2D eigenvalue weighted by Gasteiger charge is -2.37. The van der Waals surface area contributed by atoms with E-state index in [-0.39, 0.29) is 19.1 Å². The van der Waals surface area contributed by atoms with Gasteiger partial charge in [0, 0.05) is 19.0 Å². The summed E-state index contributed by atoms with van der Waals surface area (Å²) in [6, 6.07) is 0. The molecule has 3 N–H and O–H groups in total. The summed E-state index contributed by atoms with van der Waals surface area (Å²) in [5.74, 6) is -0.195. The molecule has 1 aromatic rings. The number of thiazole rings is 1. The highest BCUT2D eigenvalue weighted by Gasteiger charge is 2.35. The molecule has 1 fully saturated rings. The molecule has 0 spiro atoms. The number of aliphatic hydroxyl groups is 2. The highest BCUT2D eigenvalue weighted by molar-refractivity contribution is 7.13. The smallest absolute Gasteiger partial charge is 0.273 e. The van der Waals surface area contributed by atoms with Crippen LogP contribution in [0, 0.1) is 0 Å². The maximum absolute atomic E-state index is 12.2. The Hall–Kier alpha value is -1.18. The molecule has 0 saturated carbocycles. The first-order chi connectivity index (χ1) is 8.58. The van der Waals surface area contributed by atoms with E-state index in [9.17, 15) is 9.90 Å². The maximum atomic E-state index is 12.2. The van der Waals surface area contributed by atoms with Crippen LogP contribution in [0.5, 0.6) is 0 Å². The van der Waals surface area contributed by atoms with Crippen LogP contribution >= 0.6 is 11.3 Å². The van der Waals surface area contributed by atoms with Gasteiger partial charge in [0.1, 0.15) is 11.3 Å². The number of amides is 1. The predicted octanol–water partition coefficient (Wildman–Crippen LogP) is 0.144. The van der Waals surface area contributed by atoms with Gasteiger partial charge in [-0.15, -0.1) is 11.3 Å². The number of aromatic nitrogens is 1. The Kier molecular flexibility index (Phi) is 3.84. The standard InChI is InChI=1S/C11H17N3O3S/c1-12-10-13-8(5-18-10)9(16)14-4-2-3-11(17,6-14)7-15/h5,15,17H,2-4,6-7H2,1H3,(H,12,13). The van der Waals surface area contributed by atoms with Crippen molar-refractivity contribution in [3.8, 4) is 0 Å². The average molecular weight is 271 g/mol. The van der Waals surface area contributed by atoms with Gasteiger partial charge in [0.05, 0.1) is 13.2 Å². The average Bonchev–Trinajstić information content (AvgIpc) is 2.86. The van der Waals surface area contributed by atoms with Crippen LogP contribution in [0.4, 0.5) is 5.13 Å². The van der Waals surface area contributed by atoms with Gasteiger partial charge in [0.25, 0.3) is 5.91 Å². The van der Waals surface area contributed by atoms with Crippen LogP contribution in [0.1, 0.15) is 23.3 Å². The molecule has 1 aliphatic rings. The van der Waals surface area contributed by atoms with Crippen molar-refractivity contribution in [3.63, 3.8) is 0 Å². The van der Waals surface area contributed by atoms with Crippen molar-refractivity contribution in [3.05, 3.63) is 11.1 Å². The quantitative estimate of drug-likeness (QED) is 0.728. The van der Waals surface area contributed by atoms with Gasteiger partial charge in [-0.3, -0.25) is 4.79 Å². The minimum atomic E-state index is -1.17. The van der Waals surface area contributed by atoms with Crippen LogP contribution in [0.2, 0.25) is 0 Å². The van der Waals surface area contributed by atoms with Crippen molar-refractivity contribution in [2.24, 2.45) is 0 Å². The number of nitrogens with one attached hydrogen (secondary N) is 1. The number of anilines is 1. The summed E-state index contributed by atoms with van der Waals surface area (Å²) in [6.45, 7) is 0.428. The lowest BCUT2D eigenvalue weighted by molar-refractivity contribution is -0.0599. The molecular formula is C11H17N3O3S. The minimum absolute atomic E-state index is 0.161. The molecule has 1 aromatic heterocycles. The van der Waals surface area contributed by atoms with Gasteiger partial charge in [0.15, 0.2) is 5.13 Å². The first-order valence-corrected chi connectivity index (χ1v) is 6.72. The van der Waals surface area contributed by atoms with E-state index in [2.05, 4.69) is 10.3 Å². The number of aliphatic hydroxyl groups excluding tert-OH is 1. The van der Waals surface area contributed by atoms with E-state index in [1.165, 1.54) is 11.3 Å². The van der Waals surface area contributed by atoms with Gasteiger partial charge < -0.3 is 20.4 Å². The predicted molar refractivity (Wildman–Crippen MR) is 68.8 cm³/mol. The molecule has 1 saturated heterocycles. The molecule has 1 aliphatic heterocycles. The lowest BCUT2D eigenvalue weighted by atomic mass is 9.93. The van der Waals surface area contributed by atoms with Gasteiger partial charge in [0.2, 0.25) is 0 Å². The number of hydrogen-bond acceptors (Lipinski definition) is 6. The summed E-state index contributed by atoms with van der Waals surface area (Å²) in [5, 5.41) is 24.4. The van der Waals surface area contributed by atoms with Crippen molar-refractivity contribution in [2.45, 2.75) is 18.4 Å². The highest BCUT2D eigenvalue weighted by atomic mass is 32.1. The molecule has 100 valence electrons. The number of carbonyl (C=O) groups excluding carboxylic acids is 1. The normalized spacial score (nSPS) is 24.1. The molecule has 0 aromatic carbocycles. The maximum Gasteiger partial charge on any atom is 0.273 e. The Labute approximate surface area is 109 Å². The fourth-order valence-electron chi connectivity index (χ4n) is 2.06. The fraction of sp³-hybridized carbons (Fsp3) is 0.636. The van der Waals surface area contributed by atoms with Gasteiger partial charge in [-0.05, 0) is 12.8 Å².